The molecule has 0 saturated carbocycles. The fourth-order valence-electron chi connectivity index (χ4n) is 0.614. The maximum atomic E-state index is 10.6. The minimum Gasteiger partial charge on any atom is -0.435 e. The molecule has 0 spiro atoms. The average Bonchev–Trinajstić information content (AvgIpc) is 1.87. The van der Waals surface area contributed by atoms with E-state index in [0.29, 0.717) is 6.61 Å². The normalized spacial score (nSPS) is 13.0. The molecule has 64 valence electrons. The largest absolute Gasteiger partial charge is 0.508 e. The fourth-order valence-corrected chi connectivity index (χ4v) is 0.614. The number of allylic oxidation sites excluding steroid dienone is 1. The second-order valence-corrected chi connectivity index (χ2v) is 2.03. The lowest BCUT2D eigenvalue weighted by atomic mass is 10.4. The van der Waals surface area contributed by atoms with Gasteiger partial charge in [-0.15, -0.1) is 0 Å². The van der Waals surface area contributed by atoms with Gasteiger partial charge in [0.15, 0.2) is 0 Å². The Morgan fingerprint density at radius 2 is 2.27 bits per heavy atom. The molecule has 0 rings (SSSR count). The lowest BCUT2D eigenvalue weighted by molar-refractivity contribution is 0.0454. The Labute approximate surface area is 67.0 Å². The molecule has 0 bridgehead atoms. The second kappa shape index (κ2) is 5.77. The van der Waals surface area contributed by atoms with Gasteiger partial charge in [0, 0.05) is 0 Å². The minimum absolute atomic E-state index is 0.209. The lowest BCUT2D eigenvalue weighted by Crippen LogP contribution is -2.13. The van der Waals surface area contributed by atoms with Gasteiger partial charge in [-0.05, 0) is 26.8 Å². The molecule has 0 fully saturated rings. The molecule has 0 aliphatic carbocycles. The zero-order chi connectivity index (χ0) is 8.69. The Balaban J connectivity index is 3.57. The van der Waals surface area contributed by atoms with Crippen LogP contribution >= 0.6 is 0 Å². The molecule has 0 aromatic heterocycles. The summed E-state index contributed by atoms with van der Waals surface area (Å²) in [6.45, 7) is 5.73. The van der Waals surface area contributed by atoms with E-state index in [1.54, 1.807) is 19.9 Å². The molecule has 1 atom stereocenters. The van der Waals surface area contributed by atoms with Crippen molar-refractivity contribution in [3.8, 4) is 0 Å². The van der Waals surface area contributed by atoms with Crippen LogP contribution in [-0.4, -0.2) is 18.9 Å². The van der Waals surface area contributed by atoms with Gasteiger partial charge in [-0.2, -0.15) is 0 Å². The van der Waals surface area contributed by atoms with E-state index in [0.717, 1.165) is 0 Å². The third-order valence-corrected chi connectivity index (χ3v) is 1.01. The van der Waals surface area contributed by atoms with Crippen LogP contribution in [0.3, 0.4) is 0 Å². The van der Waals surface area contributed by atoms with Crippen LogP contribution in [0.1, 0.15) is 20.8 Å². The summed E-state index contributed by atoms with van der Waals surface area (Å²) in [6.07, 6.45) is 2.78. The van der Waals surface area contributed by atoms with Crippen molar-refractivity contribution in [2.45, 2.75) is 26.9 Å². The van der Waals surface area contributed by atoms with E-state index in [1.807, 2.05) is 13.0 Å². The average molecular weight is 158 g/mol. The van der Waals surface area contributed by atoms with Crippen molar-refractivity contribution in [1.82, 2.24) is 0 Å². The van der Waals surface area contributed by atoms with Crippen LogP contribution in [0.25, 0.3) is 0 Å². The molecular weight excluding hydrogens is 144 g/mol. The van der Waals surface area contributed by atoms with E-state index in [2.05, 4.69) is 4.74 Å². The van der Waals surface area contributed by atoms with E-state index in [-0.39, 0.29) is 6.10 Å². The summed E-state index contributed by atoms with van der Waals surface area (Å²) in [5.41, 5.74) is 0. The van der Waals surface area contributed by atoms with E-state index in [1.165, 1.54) is 0 Å². The molecule has 0 radical (unpaired) electrons. The molecule has 3 heteroatoms. The molecule has 0 unspecified atom stereocenters. The predicted octanol–water partition coefficient (Wildman–Crippen LogP) is 2.12. The molecule has 0 aromatic carbocycles. The van der Waals surface area contributed by atoms with E-state index in [9.17, 15) is 4.79 Å². The molecular formula is C8H14O3. The van der Waals surface area contributed by atoms with Crippen molar-refractivity contribution in [1.29, 1.82) is 0 Å². The molecule has 11 heavy (non-hydrogen) atoms. The number of hydrogen-bond acceptors (Lipinski definition) is 3. The number of hydrogen-bond donors (Lipinski definition) is 0. The van der Waals surface area contributed by atoms with Crippen LogP contribution in [0, 0.1) is 0 Å². The van der Waals surface area contributed by atoms with Crippen LogP contribution in [0.4, 0.5) is 4.79 Å². The molecule has 3 nitrogen and oxygen atoms in total. The van der Waals surface area contributed by atoms with Crippen molar-refractivity contribution in [2.75, 3.05) is 6.61 Å². The van der Waals surface area contributed by atoms with Crippen LogP contribution < -0.4 is 0 Å². The summed E-state index contributed by atoms with van der Waals surface area (Å²) in [4.78, 5) is 10.6. The smallest absolute Gasteiger partial charge is 0.435 e. The zero-order valence-corrected chi connectivity index (χ0v) is 7.16. The summed E-state index contributed by atoms with van der Waals surface area (Å²) in [7, 11) is 0. The summed E-state index contributed by atoms with van der Waals surface area (Å²) in [6, 6.07) is 0. The molecule has 0 aromatic rings. The highest BCUT2D eigenvalue weighted by Crippen LogP contribution is 1.95. The van der Waals surface area contributed by atoms with Crippen LogP contribution in [-0.2, 0) is 9.47 Å². The topological polar surface area (TPSA) is 35.5 Å². The molecule has 0 saturated heterocycles. The van der Waals surface area contributed by atoms with Crippen LogP contribution in [0.2, 0.25) is 0 Å². The predicted molar refractivity (Wildman–Crippen MR) is 42.4 cm³/mol. The van der Waals surface area contributed by atoms with Crippen LogP contribution in [0.15, 0.2) is 12.2 Å². The lowest BCUT2D eigenvalue weighted by Gasteiger charge is -2.07. The molecule has 0 heterocycles. The Hall–Kier alpha value is -0.990. The zero-order valence-electron chi connectivity index (χ0n) is 7.16. The van der Waals surface area contributed by atoms with Crippen LogP contribution in [0.5, 0.6) is 0 Å². The highest BCUT2D eigenvalue weighted by Gasteiger charge is 2.05. The number of carbonyl (C=O) groups is 1. The Morgan fingerprint density at radius 1 is 1.64 bits per heavy atom. The molecule has 0 aliphatic rings. The SMILES string of the molecule is C/C=C/[C@@H](C)OC(=O)OCC. The van der Waals surface area contributed by atoms with Gasteiger partial charge >= 0.3 is 6.16 Å². The summed E-state index contributed by atoms with van der Waals surface area (Å²) in [5, 5.41) is 0. The van der Waals surface area contributed by atoms with Gasteiger partial charge < -0.3 is 9.47 Å². The van der Waals surface area contributed by atoms with E-state index in [4.69, 9.17) is 4.74 Å². The maximum Gasteiger partial charge on any atom is 0.508 e. The van der Waals surface area contributed by atoms with Crippen molar-refractivity contribution in [3.63, 3.8) is 0 Å². The first-order valence-corrected chi connectivity index (χ1v) is 3.67. The Bertz CT molecular complexity index is 140. The van der Waals surface area contributed by atoms with Crippen molar-refractivity contribution in [2.24, 2.45) is 0 Å². The number of carbonyl (C=O) groups excluding carboxylic acids is 1. The summed E-state index contributed by atoms with van der Waals surface area (Å²) >= 11 is 0. The molecule has 0 aliphatic heterocycles. The first-order chi connectivity index (χ1) is 5.20. The first kappa shape index (κ1) is 10.0. The highest BCUT2D eigenvalue weighted by atomic mass is 16.7. The van der Waals surface area contributed by atoms with Gasteiger partial charge in [-0.25, -0.2) is 4.79 Å². The standard InChI is InChI=1S/C8H14O3/c1-4-6-7(3)11-8(9)10-5-2/h4,6-7H,5H2,1-3H3/b6-4+/t7-/m1/s1. The molecule has 0 N–H and O–H groups in total. The van der Waals surface area contributed by atoms with Gasteiger partial charge in [-0.3, -0.25) is 0 Å². The van der Waals surface area contributed by atoms with Crippen molar-refractivity contribution < 1.29 is 14.3 Å². The number of ether oxygens (including phenoxy) is 2. The summed E-state index contributed by atoms with van der Waals surface area (Å²) in [5.74, 6) is 0. The highest BCUT2D eigenvalue weighted by molar-refractivity contribution is 5.60. The van der Waals surface area contributed by atoms with E-state index < -0.39 is 6.16 Å². The van der Waals surface area contributed by atoms with E-state index >= 15 is 0 Å². The Kier molecular flexibility index (Phi) is 5.25. The van der Waals surface area contributed by atoms with Gasteiger partial charge in [0.2, 0.25) is 0 Å². The quantitative estimate of drug-likeness (QED) is 0.466. The third kappa shape index (κ3) is 5.45. The number of rotatable bonds is 3. The van der Waals surface area contributed by atoms with Gasteiger partial charge in [0.1, 0.15) is 6.10 Å². The van der Waals surface area contributed by atoms with Gasteiger partial charge in [-0.1, -0.05) is 6.08 Å². The minimum atomic E-state index is -0.613. The van der Waals surface area contributed by atoms with Gasteiger partial charge in [0.25, 0.3) is 0 Å². The van der Waals surface area contributed by atoms with Gasteiger partial charge in [0.05, 0.1) is 6.61 Å². The second-order valence-electron chi connectivity index (χ2n) is 2.03. The fraction of sp³-hybridized carbons (Fsp3) is 0.625. The monoisotopic (exact) mass is 158 g/mol. The van der Waals surface area contributed by atoms with Crippen molar-refractivity contribution >= 4 is 6.16 Å². The summed E-state index contributed by atoms with van der Waals surface area (Å²) < 4.78 is 9.35. The van der Waals surface area contributed by atoms with Crippen molar-refractivity contribution in [3.05, 3.63) is 12.2 Å². The first-order valence-electron chi connectivity index (χ1n) is 3.67. The third-order valence-electron chi connectivity index (χ3n) is 1.01. The maximum absolute atomic E-state index is 10.6. The Morgan fingerprint density at radius 3 is 2.73 bits per heavy atom. The molecule has 0 amide bonds.